The molecule has 1 amide bonds. The summed E-state index contributed by atoms with van der Waals surface area (Å²) < 4.78 is 55.6. The molecular weight excluding hydrogens is 699 g/mol. The minimum atomic E-state index is -1.29. The Hall–Kier alpha value is -5.13. The maximum Gasteiger partial charge on any atom is 0.319 e. The highest BCUT2D eigenvalue weighted by atomic mass is 19.1. The molecule has 54 heavy (non-hydrogen) atoms. The van der Waals surface area contributed by atoms with Crippen LogP contribution < -0.4 is 9.64 Å². The Kier molecular flexibility index (Phi) is 7.24. The zero-order valence-corrected chi connectivity index (χ0v) is 29.7. The number of phenolic OH excluding ortho intramolecular Hbond substituents is 1. The van der Waals surface area contributed by atoms with E-state index in [1.807, 2.05) is 9.80 Å². The van der Waals surface area contributed by atoms with Crippen LogP contribution in [0.15, 0.2) is 30.5 Å². The molecule has 2 bridgehead atoms. The van der Waals surface area contributed by atoms with Crippen LogP contribution in [0.4, 0.5) is 19.0 Å². The number of carbonyl (C=O) groups excluding carboxylic acids is 1. The lowest BCUT2D eigenvalue weighted by atomic mass is 9.91. The summed E-state index contributed by atoms with van der Waals surface area (Å²) in [6.45, 7) is 2.00. The number of hydrogen-bond donors (Lipinski definition) is 2. The molecule has 1 saturated carbocycles. The van der Waals surface area contributed by atoms with Gasteiger partial charge in [-0.1, -0.05) is 12.0 Å². The standard InChI is InChI=1S/C40H38F3N7O4/c1-3-26-29(42)8-5-21-13-25(51)14-27(30(21)26)31-33(43)35-32(28-19-47(2)46-34(28)31)36(45-38(44-35)54-20-39-9-4-12-49(39)16-22(41)15-39)48-17-23-6-7-24(18-48)50(23)37(52)40(53)10-11-40/h1,5,8,13-14,19,22-24,51,53H,4,6-7,9-12,15-18,20H2,2H3/t22-,23?,24?,39+/m1/s1. The van der Waals surface area contributed by atoms with E-state index in [2.05, 4.69) is 15.9 Å². The van der Waals surface area contributed by atoms with E-state index in [9.17, 15) is 19.4 Å². The van der Waals surface area contributed by atoms with Crippen LogP contribution in [0, 0.1) is 24.0 Å². The number of aliphatic hydroxyl groups is 1. The van der Waals surface area contributed by atoms with Crippen LogP contribution in [0.3, 0.4) is 0 Å². The van der Waals surface area contributed by atoms with Gasteiger partial charge in [0, 0.05) is 67.7 Å². The number of terminal acetylenes is 1. The molecule has 0 radical (unpaired) electrons. The topological polar surface area (TPSA) is 120 Å². The number of ether oxygens (including phenoxy) is 1. The monoisotopic (exact) mass is 737 g/mol. The van der Waals surface area contributed by atoms with Gasteiger partial charge in [0.05, 0.1) is 16.5 Å². The van der Waals surface area contributed by atoms with E-state index >= 15 is 8.78 Å². The Bertz CT molecular complexity index is 2470. The first-order valence-electron chi connectivity index (χ1n) is 18.6. The number of alkyl halides is 1. The lowest BCUT2D eigenvalue weighted by molar-refractivity contribution is -0.146. The molecule has 4 saturated heterocycles. The number of piperazine rings is 1. The summed E-state index contributed by atoms with van der Waals surface area (Å²) in [6, 6.07) is 5.02. The van der Waals surface area contributed by atoms with Crippen LogP contribution in [0.5, 0.6) is 11.8 Å². The maximum atomic E-state index is 17.7. The Balaban J connectivity index is 1.18. The third-order valence-corrected chi connectivity index (χ3v) is 12.5. The number of anilines is 1. The molecule has 0 spiro atoms. The minimum Gasteiger partial charge on any atom is -0.508 e. The predicted octanol–water partition coefficient (Wildman–Crippen LogP) is 4.96. The first-order valence-corrected chi connectivity index (χ1v) is 18.6. The zero-order valence-electron chi connectivity index (χ0n) is 29.7. The van der Waals surface area contributed by atoms with E-state index in [1.165, 1.54) is 24.3 Å². The van der Waals surface area contributed by atoms with Crippen molar-refractivity contribution in [1.82, 2.24) is 29.5 Å². The summed E-state index contributed by atoms with van der Waals surface area (Å²) in [5.74, 6) is 0.944. The number of aromatic nitrogens is 4. The molecule has 14 heteroatoms. The van der Waals surface area contributed by atoms with Crippen LogP contribution in [-0.4, -0.2) is 108 Å². The molecule has 5 aliphatic rings. The van der Waals surface area contributed by atoms with Gasteiger partial charge in [-0.05, 0) is 74.2 Å². The highest BCUT2D eigenvalue weighted by molar-refractivity contribution is 6.18. The zero-order chi connectivity index (χ0) is 37.3. The van der Waals surface area contributed by atoms with Gasteiger partial charge in [-0.3, -0.25) is 14.4 Å². The average Bonchev–Trinajstić information content (AvgIpc) is 3.33. The Morgan fingerprint density at radius 3 is 2.59 bits per heavy atom. The molecule has 2 N–H and O–H groups in total. The molecule has 3 aromatic carbocycles. The molecule has 2 unspecified atom stereocenters. The molecule has 10 rings (SSSR count). The van der Waals surface area contributed by atoms with E-state index in [0.29, 0.717) is 60.9 Å². The lowest BCUT2D eigenvalue weighted by Gasteiger charge is -2.42. The van der Waals surface area contributed by atoms with Crippen LogP contribution in [-0.2, 0) is 11.8 Å². The molecule has 4 aliphatic heterocycles. The maximum absolute atomic E-state index is 17.7. The van der Waals surface area contributed by atoms with Crippen molar-refractivity contribution in [2.45, 2.75) is 74.3 Å². The normalized spacial score (nSPS) is 25.9. The van der Waals surface area contributed by atoms with E-state index in [4.69, 9.17) is 21.1 Å². The number of phenols is 1. The summed E-state index contributed by atoms with van der Waals surface area (Å²) in [5.41, 5.74) is -1.62. The van der Waals surface area contributed by atoms with E-state index in [1.54, 1.807) is 17.9 Å². The molecule has 5 aromatic rings. The van der Waals surface area contributed by atoms with Gasteiger partial charge in [0.1, 0.15) is 46.8 Å². The largest absolute Gasteiger partial charge is 0.508 e. The van der Waals surface area contributed by atoms with Crippen molar-refractivity contribution < 1.29 is 32.9 Å². The Morgan fingerprint density at radius 1 is 1.07 bits per heavy atom. The predicted molar refractivity (Wildman–Crippen MR) is 195 cm³/mol. The van der Waals surface area contributed by atoms with Gasteiger partial charge in [0.15, 0.2) is 5.82 Å². The fourth-order valence-corrected chi connectivity index (χ4v) is 9.84. The average molecular weight is 738 g/mol. The van der Waals surface area contributed by atoms with Crippen molar-refractivity contribution in [1.29, 1.82) is 0 Å². The second-order valence-corrected chi connectivity index (χ2v) is 15.9. The number of amides is 1. The molecule has 2 aromatic heterocycles. The fraction of sp³-hybridized carbons (Fsp3) is 0.450. The van der Waals surface area contributed by atoms with Crippen LogP contribution in [0.25, 0.3) is 43.7 Å². The van der Waals surface area contributed by atoms with Gasteiger partial charge in [0.2, 0.25) is 0 Å². The molecule has 11 nitrogen and oxygen atoms in total. The molecule has 6 heterocycles. The van der Waals surface area contributed by atoms with Gasteiger partial charge in [-0.25, -0.2) is 13.2 Å². The summed E-state index contributed by atoms with van der Waals surface area (Å²) in [4.78, 5) is 29.1. The number of aromatic hydroxyl groups is 1. The van der Waals surface area contributed by atoms with Crippen molar-refractivity contribution in [2.24, 2.45) is 7.05 Å². The van der Waals surface area contributed by atoms with Crippen molar-refractivity contribution in [2.75, 3.05) is 37.7 Å². The van der Waals surface area contributed by atoms with Crippen LogP contribution in [0.2, 0.25) is 0 Å². The van der Waals surface area contributed by atoms with Gasteiger partial charge in [-0.15, -0.1) is 6.42 Å². The van der Waals surface area contributed by atoms with Crippen molar-refractivity contribution >= 4 is 44.3 Å². The number of hydrogen-bond acceptors (Lipinski definition) is 9. The van der Waals surface area contributed by atoms with Gasteiger partial charge >= 0.3 is 6.01 Å². The van der Waals surface area contributed by atoms with Gasteiger partial charge in [0.25, 0.3) is 5.91 Å². The minimum absolute atomic E-state index is 0.0264. The Labute approximate surface area is 308 Å². The quantitative estimate of drug-likeness (QED) is 0.233. The van der Waals surface area contributed by atoms with Gasteiger partial charge in [-0.2, -0.15) is 15.1 Å². The van der Waals surface area contributed by atoms with Crippen molar-refractivity contribution in [3.8, 4) is 35.2 Å². The van der Waals surface area contributed by atoms with Crippen LogP contribution in [0.1, 0.15) is 50.5 Å². The highest BCUT2D eigenvalue weighted by Gasteiger charge is 2.55. The molecule has 278 valence electrons. The molecule has 1 aliphatic carbocycles. The van der Waals surface area contributed by atoms with E-state index in [-0.39, 0.29) is 69.5 Å². The van der Waals surface area contributed by atoms with Crippen molar-refractivity contribution in [3.63, 3.8) is 0 Å². The lowest BCUT2D eigenvalue weighted by Crippen LogP contribution is -2.58. The number of aryl methyl sites for hydroxylation is 1. The first kappa shape index (κ1) is 33.4. The smallest absolute Gasteiger partial charge is 0.319 e. The van der Waals surface area contributed by atoms with Crippen LogP contribution >= 0.6 is 0 Å². The summed E-state index contributed by atoms with van der Waals surface area (Å²) in [5, 5.41) is 27.8. The Morgan fingerprint density at radius 2 is 1.85 bits per heavy atom. The third kappa shape index (κ3) is 4.90. The number of nitrogens with zero attached hydrogens (tertiary/aromatic N) is 7. The number of rotatable bonds is 6. The molecule has 5 fully saturated rings. The fourth-order valence-electron chi connectivity index (χ4n) is 9.84. The van der Waals surface area contributed by atoms with E-state index in [0.717, 1.165) is 32.2 Å². The van der Waals surface area contributed by atoms with Gasteiger partial charge < -0.3 is 24.7 Å². The van der Waals surface area contributed by atoms with E-state index < -0.39 is 28.9 Å². The van der Waals surface area contributed by atoms with Crippen molar-refractivity contribution in [3.05, 3.63) is 47.7 Å². The number of fused-ring (bicyclic) bond motifs is 7. The third-order valence-electron chi connectivity index (χ3n) is 12.5. The highest BCUT2D eigenvalue weighted by Crippen LogP contribution is 2.47. The number of halogens is 3. The second-order valence-electron chi connectivity index (χ2n) is 15.9. The summed E-state index contributed by atoms with van der Waals surface area (Å²) >= 11 is 0. The summed E-state index contributed by atoms with van der Waals surface area (Å²) in [6.07, 6.45) is 11.0. The SMILES string of the molecule is C#Cc1c(F)ccc2cc(O)cc(-c3c(F)c4nc(OC[C@@]56CCCN5C[C@H](F)C6)nc(N5CC6CCC(C5)N6C(=O)C5(O)CC5)c4c4cn(C)nc34)c12. The molecular formula is C40H38F3N7O4. The number of benzene rings is 3. The molecule has 4 atom stereocenters. The first-order chi connectivity index (χ1) is 26.0. The summed E-state index contributed by atoms with van der Waals surface area (Å²) in [7, 11) is 1.71. The number of carbonyl (C=O) groups is 1. The second kappa shape index (κ2) is 11.7.